The van der Waals surface area contributed by atoms with Crippen molar-refractivity contribution in [2.24, 2.45) is 0 Å². The smallest absolute Gasteiger partial charge is 0.160 e. The van der Waals surface area contributed by atoms with Crippen LogP contribution >= 0.6 is 0 Å². The summed E-state index contributed by atoms with van der Waals surface area (Å²) in [5.41, 5.74) is 13.2. The Morgan fingerprint density at radius 3 is 1.27 bits per heavy atom. The Morgan fingerprint density at radius 2 is 0.735 bits per heavy atom. The van der Waals surface area contributed by atoms with Crippen LogP contribution < -0.4 is 0 Å². The van der Waals surface area contributed by atoms with Gasteiger partial charge in [-0.2, -0.15) is 0 Å². The van der Waals surface area contributed by atoms with Crippen molar-refractivity contribution < 1.29 is 0 Å². The highest BCUT2D eigenvalue weighted by atomic mass is 15.0. The summed E-state index contributed by atoms with van der Waals surface area (Å²) in [4.78, 5) is 9.99. The molecule has 0 amide bonds. The number of aromatic nitrogens is 3. The lowest BCUT2D eigenvalue weighted by molar-refractivity contribution is 1.18. The minimum atomic E-state index is 0.713. The van der Waals surface area contributed by atoms with E-state index in [2.05, 4.69) is 156 Å². The molecule has 0 unspecified atom stereocenters. The average molecular weight is 626 g/mol. The van der Waals surface area contributed by atoms with Crippen LogP contribution in [0.2, 0.25) is 0 Å². The van der Waals surface area contributed by atoms with E-state index in [4.69, 9.17) is 9.97 Å². The van der Waals surface area contributed by atoms with E-state index >= 15 is 0 Å². The maximum absolute atomic E-state index is 4.99. The number of hydrogen-bond acceptors (Lipinski definition) is 2. The fraction of sp³-hybridized carbons (Fsp3) is 0. The predicted molar refractivity (Wildman–Crippen MR) is 204 cm³/mol. The van der Waals surface area contributed by atoms with Crippen molar-refractivity contribution in [1.29, 1.82) is 0 Å². The van der Waals surface area contributed by atoms with E-state index in [0.717, 1.165) is 44.9 Å². The lowest BCUT2D eigenvalue weighted by Crippen LogP contribution is -1.95. The average Bonchev–Trinajstić information content (AvgIpc) is 3.53. The van der Waals surface area contributed by atoms with Gasteiger partial charge in [0.25, 0.3) is 0 Å². The largest absolute Gasteiger partial charge is 0.309 e. The molecule has 0 saturated heterocycles. The molecule has 0 aliphatic rings. The van der Waals surface area contributed by atoms with Crippen molar-refractivity contribution in [3.05, 3.63) is 188 Å². The Kier molecular flexibility index (Phi) is 7.14. The maximum atomic E-state index is 4.99. The summed E-state index contributed by atoms with van der Waals surface area (Å²) in [5.74, 6) is 0.713. The number of para-hydroxylation sites is 2. The molecule has 0 spiro atoms. The van der Waals surface area contributed by atoms with Crippen molar-refractivity contribution in [2.45, 2.75) is 0 Å². The van der Waals surface area contributed by atoms with E-state index in [9.17, 15) is 0 Å². The molecule has 7 aromatic carbocycles. The molecular formula is C46H31N3. The van der Waals surface area contributed by atoms with Crippen molar-refractivity contribution in [2.75, 3.05) is 0 Å². The zero-order valence-corrected chi connectivity index (χ0v) is 26.7. The van der Waals surface area contributed by atoms with Gasteiger partial charge in [0.2, 0.25) is 0 Å². The second-order valence-corrected chi connectivity index (χ2v) is 12.3. The van der Waals surface area contributed by atoms with E-state index in [1.54, 1.807) is 0 Å². The van der Waals surface area contributed by atoms with Gasteiger partial charge in [-0.3, -0.25) is 0 Å². The number of fused-ring (bicyclic) bond motifs is 3. The fourth-order valence-electron chi connectivity index (χ4n) is 6.78. The van der Waals surface area contributed by atoms with E-state index in [0.29, 0.717) is 5.82 Å². The van der Waals surface area contributed by atoms with Crippen LogP contribution in [0.15, 0.2) is 188 Å². The minimum Gasteiger partial charge on any atom is -0.309 e. The van der Waals surface area contributed by atoms with Gasteiger partial charge in [-0.1, -0.05) is 158 Å². The third kappa shape index (κ3) is 5.38. The van der Waals surface area contributed by atoms with Crippen LogP contribution in [0, 0.1) is 0 Å². The fourth-order valence-corrected chi connectivity index (χ4v) is 6.78. The first-order valence-electron chi connectivity index (χ1n) is 16.6. The zero-order valence-electron chi connectivity index (χ0n) is 26.7. The highest BCUT2D eigenvalue weighted by Crippen LogP contribution is 2.34. The number of rotatable bonds is 6. The molecule has 0 bridgehead atoms. The van der Waals surface area contributed by atoms with E-state index in [1.165, 1.54) is 32.9 Å². The molecule has 0 N–H and O–H groups in total. The number of benzene rings is 7. The monoisotopic (exact) mass is 625 g/mol. The molecule has 0 fully saturated rings. The van der Waals surface area contributed by atoms with Crippen LogP contribution in [0.5, 0.6) is 0 Å². The van der Waals surface area contributed by atoms with Crippen LogP contribution in [0.3, 0.4) is 0 Å². The van der Waals surface area contributed by atoms with E-state index < -0.39 is 0 Å². The van der Waals surface area contributed by atoms with Crippen molar-refractivity contribution in [1.82, 2.24) is 14.5 Å². The molecule has 0 atom stereocenters. The first-order valence-corrected chi connectivity index (χ1v) is 16.6. The molecule has 9 aromatic rings. The summed E-state index contributed by atoms with van der Waals surface area (Å²) in [6.07, 6.45) is 0. The molecule has 49 heavy (non-hydrogen) atoms. The summed E-state index contributed by atoms with van der Waals surface area (Å²) < 4.78 is 2.37. The Bertz CT molecular complexity index is 2460. The summed E-state index contributed by atoms with van der Waals surface area (Å²) in [6, 6.07) is 66.2. The molecule has 9 rings (SSSR count). The Balaban J connectivity index is 1.02. The normalized spacial score (nSPS) is 11.3. The van der Waals surface area contributed by atoms with Gasteiger partial charge in [0.05, 0.1) is 22.4 Å². The molecular weight excluding hydrogens is 595 g/mol. The summed E-state index contributed by atoms with van der Waals surface area (Å²) in [6.45, 7) is 0. The lowest BCUT2D eigenvalue weighted by atomic mass is 9.99. The Hall–Kier alpha value is -6.58. The third-order valence-electron chi connectivity index (χ3n) is 9.24. The second-order valence-electron chi connectivity index (χ2n) is 12.3. The third-order valence-corrected chi connectivity index (χ3v) is 9.24. The van der Waals surface area contributed by atoms with Gasteiger partial charge in [-0.25, -0.2) is 9.97 Å². The highest BCUT2D eigenvalue weighted by Gasteiger charge is 2.13. The first kappa shape index (κ1) is 28.6. The molecule has 0 radical (unpaired) electrons. The predicted octanol–water partition coefficient (Wildman–Crippen LogP) is 11.9. The molecule has 3 nitrogen and oxygen atoms in total. The molecule has 230 valence electrons. The summed E-state index contributed by atoms with van der Waals surface area (Å²) in [7, 11) is 0. The molecule has 0 aliphatic carbocycles. The Morgan fingerprint density at radius 1 is 0.306 bits per heavy atom. The van der Waals surface area contributed by atoms with Gasteiger partial charge in [0.1, 0.15) is 0 Å². The van der Waals surface area contributed by atoms with Gasteiger partial charge in [-0.15, -0.1) is 0 Å². The molecule has 2 heterocycles. The van der Waals surface area contributed by atoms with Crippen LogP contribution in [0.25, 0.3) is 83.6 Å². The van der Waals surface area contributed by atoms with Gasteiger partial charge in [-0.05, 0) is 52.6 Å². The van der Waals surface area contributed by atoms with Gasteiger partial charge in [0.15, 0.2) is 5.82 Å². The molecule has 0 saturated carbocycles. The summed E-state index contributed by atoms with van der Waals surface area (Å²) in [5, 5.41) is 2.54. The van der Waals surface area contributed by atoms with Crippen molar-refractivity contribution in [3.63, 3.8) is 0 Å². The zero-order chi connectivity index (χ0) is 32.6. The van der Waals surface area contributed by atoms with E-state index in [1.807, 2.05) is 36.4 Å². The van der Waals surface area contributed by atoms with Gasteiger partial charge >= 0.3 is 0 Å². The lowest BCUT2D eigenvalue weighted by Gasteiger charge is -2.11. The van der Waals surface area contributed by atoms with Gasteiger partial charge < -0.3 is 4.57 Å². The summed E-state index contributed by atoms with van der Waals surface area (Å²) >= 11 is 0. The maximum Gasteiger partial charge on any atom is 0.160 e. The van der Waals surface area contributed by atoms with Gasteiger partial charge in [0, 0.05) is 33.2 Å². The van der Waals surface area contributed by atoms with Crippen LogP contribution in [-0.4, -0.2) is 14.5 Å². The minimum absolute atomic E-state index is 0.713. The molecule has 2 aromatic heterocycles. The topological polar surface area (TPSA) is 30.7 Å². The first-order chi connectivity index (χ1) is 24.3. The highest BCUT2D eigenvalue weighted by molar-refractivity contribution is 6.09. The van der Waals surface area contributed by atoms with Crippen LogP contribution in [0.4, 0.5) is 0 Å². The quantitative estimate of drug-likeness (QED) is 0.184. The Labute approximate surface area is 285 Å². The standard InChI is InChI=1S/C46H31N3/c1-3-12-35(13-4-1)42-31-43(36-14-5-2-6-15-36)48-46(47-42)37-28-26-33(27-29-37)32-22-24-34(25-23-32)38-16-11-17-39(30-38)49-44-20-9-7-18-40(44)41-19-8-10-21-45(41)49/h1-31H. The number of hydrogen-bond donors (Lipinski definition) is 0. The van der Waals surface area contributed by atoms with Crippen molar-refractivity contribution >= 4 is 21.8 Å². The second kappa shape index (κ2) is 12.2. The molecule has 3 heteroatoms. The number of nitrogens with zero attached hydrogens (tertiary/aromatic N) is 3. The van der Waals surface area contributed by atoms with Crippen LogP contribution in [-0.2, 0) is 0 Å². The van der Waals surface area contributed by atoms with E-state index in [-0.39, 0.29) is 0 Å². The molecule has 0 aliphatic heterocycles. The SMILES string of the molecule is c1ccc(-c2cc(-c3ccccc3)nc(-c3ccc(-c4ccc(-c5cccc(-n6c7ccccc7c7ccccc76)c5)cc4)cc3)n2)cc1. The van der Waals surface area contributed by atoms with Crippen molar-refractivity contribution in [3.8, 4) is 61.8 Å². The van der Waals surface area contributed by atoms with Crippen LogP contribution in [0.1, 0.15) is 0 Å².